The Morgan fingerprint density at radius 3 is 2.33 bits per heavy atom. The Labute approximate surface area is 322 Å². The summed E-state index contributed by atoms with van der Waals surface area (Å²) in [5.41, 5.74) is 9.25. The minimum Gasteiger partial charge on any atom is -0.478 e. The second kappa shape index (κ2) is 13.5. The van der Waals surface area contributed by atoms with Gasteiger partial charge in [0, 0.05) is 12.1 Å². The van der Waals surface area contributed by atoms with Gasteiger partial charge >= 0.3 is 5.97 Å². The average molecular weight is 738 g/mol. The third kappa shape index (κ3) is 5.83. The van der Waals surface area contributed by atoms with Crippen LogP contribution in [0.2, 0.25) is 0 Å². The Balaban J connectivity index is 1.07. The molecule has 0 saturated heterocycles. The van der Waals surface area contributed by atoms with Crippen LogP contribution >= 0.6 is 0 Å². The lowest BCUT2D eigenvalue weighted by molar-refractivity contribution is -0.246. The normalized spacial score (nSPS) is 37.8. The summed E-state index contributed by atoms with van der Waals surface area (Å²) in [7, 11) is 0. The van der Waals surface area contributed by atoms with Crippen LogP contribution in [-0.2, 0) is 11.2 Å². The molecule has 0 heterocycles. The monoisotopic (exact) mass is 737 g/mol. The summed E-state index contributed by atoms with van der Waals surface area (Å²) < 4.78 is 0. The number of carboxylic acids is 1. The number of aliphatic hydroxyl groups excluding tert-OH is 1. The fourth-order valence-corrected chi connectivity index (χ4v) is 13.9. The van der Waals surface area contributed by atoms with E-state index in [2.05, 4.69) is 58.8 Å². The van der Waals surface area contributed by atoms with Crippen molar-refractivity contribution in [2.24, 2.45) is 56.7 Å². The van der Waals surface area contributed by atoms with Crippen LogP contribution in [0.3, 0.4) is 0 Å². The number of carbonyl (C=O) groups is 3. The molecule has 2 aromatic carbocycles. The minimum absolute atomic E-state index is 0.0404. The van der Waals surface area contributed by atoms with Gasteiger partial charge in [0.2, 0.25) is 5.91 Å². The van der Waals surface area contributed by atoms with Crippen molar-refractivity contribution < 1.29 is 24.6 Å². The van der Waals surface area contributed by atoms with Gasteiger partial charge in [-0.25, -0.2) is 4.79 Å². The lowest BCUT2D eigenvalue weighted by atomic mass is 9.32. The molecule has 0 aliphatic heterocycles. The van der Waals surface area contributed by atoms with Gasteiger partial charge in [-0.3, -0.25) is 9.59 Å². The van der Waals surface area contributed by atoms with Crippen molar-refractivity contribution in [3.63, 3.8) is 0 Å². The number of nitrogens with two attached hydrogens (primary N) is 1. The number of nitrogen functional groups attached to an aromatic ring is 1. The van der Waals surface area contributed by atoms with E-state index in [1.165, 1.54) is 43.0 Å². The van der Waals surface area contributed by atoms with E-state index in [-0.39, 0.29) is 62.4 Å². The zero-order chi connectivity index (χ0) is 39.0. The van der Waals surface area contributed by atoms with Crippen LogP contribution in [0.1, 0.15) is 132 Å². The van der Waals surface area contributed by atoms with Crippen molar-refractivity contribution in [1.29, 1.82) is 0 Å². The molecule has 0 spiro atoms. The quantitative estimate of drug-likeness (QED) is 0.135. The molecule has 6 N–H and O–H groups in total. The molecule has 5 fully saturated rings. The SMILES string of the molecule is C=C(C)[C@@H]1CC[C@]2(C(=O)NCCc3cccc(C(=O)Nc4cc(C(=O)O)ccc4N)c3)CC[C@]3(C)C(CCC4[C@@]5(C)CC[C@H](O)C(C)(C)C5CC[C@]43C)C12. The fraction of sp³-hybridized carbons (Fsp3) is 0.630. The van der Waals surface area contributed by atoms with Gasteiger partial charge in [0.25, 0.3) is 5.91 Å². The Bertz CT molecular complexity index is 1850. The summed E-state index contributed by atoms with van der Waals surface area (Å²) >= 11 is 0. The van der Waals surface area contributed by atoms with Crippen molar-refractivity contribution in [3.8, 4) is 0 Å². The number of aromatic carboxylic acids is 1. The summed E-state index contributed by atoms with van der Waals surface area (Å²) in [6, 6.07) is 11.6. The highest BCUT2D eigenvalue weighted by atomic mass is 16.4. The van der Waals surface area contributed by atoms with Crippen molar-refractivity contribution in [2.75, 3.05) is 17.6 Å². The van der Waals surface area contributed by atoms with Gasteiger partial charge in [-0.1, -0.05) is 58.9 Å². The van der Waals surface area contributed by atoms with Crippen molar-refractivity contribution in [3.05, 3.63) is 71.3 Å². The Morgan fingerprint density at radius 2 is 1.61 bits per heavy atom. The van der Waals surface area contributed by atoms with Crippen LogP contribution in [0.15, 0.2) is 54.6 Å². The molecular formula is C46H63N3O5. The van der Waals surface area contributed by atoms with Gasteiger partial charge in [0.05, 0.1) is 28.5 Å². The molecule has 5 aliphatic rings. The van der Waals surface area contributed by atoms with Gasteiger partial charge in [-0.05, 0) is 165 Å². The Hall–Kier alpha value is -3.65. The number of carbonyl (C=O) groups excluding carboxylic acids is 2. The second-order valence-corrected chi connectivity index (χ2v) is 19.5. The van der Waals surface area contributed by atoms with Crippen LogP contribution in [0.25, 0.3) is 0 Å². The first-order chi connectivity index (χ1) is 25.4. The number of carboxylic acid groups (broad SMARTS) is 1. The smallest absolute Gasteiger partial charge is 0.335 e. The lowest BCUT2D eigenvalue weighted by Gasteiger charge is -2.72. The first-order valence-electron chi connectivity index (χ1n) is 20.5. The van der Waals surface area contributed by atoms with E-state index >= 15 is 0 Å². The molecular weight excluding hydrogens is 675 g/mol. The maximum atomic E-state index is 14.6. The van der Waals surface area contributed by atoms with Crippen LogP contribution in [0.5, 0.6) is 0 Å². The standard InChI is InChI=1S/C46H63N3O5/c1-27(2)31-15-21-46(41(54)48-24-18-28-9-8-10-29(25-28)39(51)49-34-26-30(40(52)53)11-13-33(34)47)23-22-44(6)32(38(31)46)12-14-36-43(5)19-17-37(50)42(3,4)35(43)16-20-45(36,44)7/h8-11,13,25-26,31-32,35-38,50H,1,12,14-24,47H2,2-7H3,(H,48,54)(H,49,51)(H,52,53)/t31-,32?,35?,36?,37-,38?,43-,44+,45+,46-/m0/s1. The predicted molar refractivity (Wildman–Crippen MR) is 214 cm³/mol. The third-order valence-corrected chi connectivity index (χ3v) is 16.9. The van der Waals surface area contributed by atoms with E-state index in [0.717, 1.165) is 50.5 Å². The number of benzene rings is 2. The summed E-state index contributed by atoms with van der Waals surface area (Å²) in [6.45, 7) is 19.6. The fourth-order valence-electron chi connectivity index (χ4n) is 13.9. The number of allylic oxidation sites excluding steroid dienone is 1. The molecule has 10 atom stereocenters. The number of aliphatic hydroxyl groups is 1. The average Bonchev–Trinajstić information content (AvgIpc) is 3.53. The minimum atomic E-state index is -1.10. The zero-order valence-electron chi connectivity index (χ0n) is 33.4. The summed E-state index contributed by atoms with van der Waals surface area (Å²) in [6.07, 6.45) is 11.0. The Kier molecular flexibility index (Phi) is 9.67. The highest BCUT2D eigenvalue weighted by molar-refractivity contribution is 6.06. The molecule has 8 heteroatoms. The number of hydrogen-bond acceptors (Lipinski definition) is 5. The van der Waals surface area contributed by atoms with E-state index in [9.17, 15) is 24.6 Å². The van der Waals surface area contributed by atoms with Crippen LogP contribution < -0.4 is 16.4 Å². The predicted octanol–water partition coefficient (Wildman–Crippen LogP) is 8.90. The van der Waals surface area contributed by atoms with Crippen molar-refractivity contribution in [1.82, 2.24) is 5.32 Å². The van der Waals surface area contributed by atoms with Gasteiger partial charge in [0.15, 0.2) is 0 Å². The highest BCUT2D eigenvalue weighted by Gasteiger charge is 2.71. The highest BCUT2D eigenvalue weighted by Crippen LogP contribution is 2.77. The van der Waals surface area contributed by atoms with E-state index in [1.807, 2.05) is 18.2 Å². The number of anilines is 2. The van der Waals surface area contributed by atoms with E-state index in [0.29, 0.717) is 42.2 Å². The molecule has 2 aromatic rings. The molecule has 292 valence electrons. The number of nitrogens with one attached hydrogen (secondary N) is 2. The maximum absolute atomic E-state index is 14.6. The number of fused-ring (bicyclic) bond motifs is 7. The maximum Gasteiger partial charge on any atom is 0.335 e. The first kappa shape index (κ1) is 38.6. The molecule has 4 unspecified atom stereocenters. The molecule has 54 heavy (non-hydrogen) atoms. The van der Waals surface area contributed by atoms with Crippen LogP contribution in [0, 0.1) is 56.7 Å². The molecule has 0 radical (unpaired) electrons. The van der Waals surface area contributed by atoms with Gasteiger partial charge < -0.3 is 26.6 Å². The second-order valence-electron chi connectivity index (χ2n) is 19.5. The van der Waals surface area contributed by atoms with Crippen molar-refractivity contribution >= 4 is 29.2 Å². The number of rotatable bonds is 8. The molecule has 7 rings (SSSR count). The lowest BCUT2D eigenvalue weighted by Crippen LogP contribution is -2.67. The van der Waals surface area contributed by atoms with Crippen LogP contribution in [-0.4, -0.2) is 40.6 Å². The summed E-state index contributed by atoms with van der Waals surface area (Å²) in [4.78, 5) is 39.3. The van der Waals surface area contributed by atoms with Crippen LogP contribution in [0.4, 0.5) is 11.4 Å². The third-order valence-electron chi connectivity index (χ3n) is 16.9. The van der Waals surface area contributed by atoms with Gasteiger partial charge in [0.1, 0.15) is 0 Å². The topological polar surface area (TPSA) is 142 Å². The molecule has 5 saturated carbocycles. The van der Waals surface area contributed by atoms with Gasteiger partial charge in [-0.15, -0.1) is 0 Å². The molecule has 0 bridgehead atoms. The van der Waals surface area contributed by atoms with E-state index in [1.54, 1.807) is 6.07 Å². The Morgan fingerprint density at radius 1 is 0.852 bits per heavy atom. The molecule has 8 nitrogen and oxygen atoms in total. The largest absolute Gasteiger partial charge is 0.478 e. The van der Waals surface area contributed by atoms with E-state index < -0.39 is 11.4 Å². The van der Waals surface area contributed by atoms with Gasteiger partial charge in [-0.2, -0.15) is 0 Å². The molecule has 2 amide bonds. The summed E-state index contributed by atoms with van der Waals surface area (Å²) in [5, 5.41) is 26.6. The molecule has 0 aromatic heterocycles. The molecule has 5 aliphatic carbocycles. The first-order valence-corrected chi connectivity index (χ1v) is 20.5. The number of amides is 2. The summed E-state index contributed by atoms with van der Waals surface area (Å²) in [5.74, 6) is 0.941. The van der Waals surface area contributed by atoms with Crippen molar-refractivity contribution in [2.45, 2.75) is 118 Å². The zero-order valence-corrected chi connectivity index (χ0v) is 33.4. The van der Waals surface area contributed by atoms with E-state index in [4.69, 9.17) is 5.73 Å². The number of hydrogen-bond donors (Lipinski definition) is 5.